The van der Waals surface area contributed by atoms with Crippen LogP contribution in [0.15, 0.2) is 31.1 Å². The van der Waals surface area contributed by atoms with Crippen molar-refractivity contribution in [3.63, 3.8) is 0 Å². The highest BCUT2D eigenvalue weighted by Crippen LogP contribution is 2.20. The van der Waals surface area contributed by atoms with Gasteiger partial charge in [0.15, 0.2) is 0 Å². The Morgan fingerprint density at radius 3 is 2.62 bits per heavy atom. The summed E-state index contributed by atoms with van der Waals surface area (Å²) >= 11 is 5.87. The van der Waals surface area contributed by atoms with Crippen molar-refractivity contribution >= 4 is 11.6 Å². The molecule has 5 heteroatoms. The average molecular weight is 193 g/mol. The maximum Gasteiger partial charge on any atom is 0.116 e. The standard InChI is InChI=1S/C8H5ClN4/c9-6-3-11-5-13-8(6)7-4-10-1-2-12-7/h1-5H. The first-order chi connectivity index (χ1) is 6.38. The predicted molar refractivity (Wildman–Crippen MR) is 48.1 cm³/mol. The van der Waals surface area contributed by atoms with E-state index in [0.717, 1.165) is 0 Å². The van der Waals surface area contributed by atoms with Crippen LogP contribution in [0.2, 0.25) is 5.02 Å². The molecule has 64 valence electrons. The van der Waals surface area contributed by atoms with Gasteiger partial charge in [-0.25, -0.2) is 9.97 Å². The minimum Gasteiger partial charge on any atom is -0.261 e. The summed E-state index contributed by atoms with van der Waals surface area (Å²) in [6, 6.07) is 0. The van der Waals surface area contributed by atoms with E-state index in [4.69, 9.17) is 11.6 Å². The zero-order valence-corrected chi connectivity index (χ0v) is 7.31. The summed E-state index contributed by atoms with van der Waals surface area (Å²) in [5.41, 5.74) is 1.25. The molecule has 0 aromatic carbocycles. The number of aromatic nitrogens is 4. The van der Waals surface area contributed by atoms with Gasteiger partial charge in [-0.1, -0.05) is 11.6 Å². The Morgan fingerprint density at radius 2 is 1.92 bits per heavy atom. The Hall–Kier alpha value is -1.55. The number of rotatable bonds is 1. The van der Waals surface area contributed by atoms with E-state index in [0.29, 0.717) is 16.4 Å². The molecule has 0 bridgehead atoms. The highest BCUT2D eigenvalue weighted by molar-refractivity contribution is 6.32. The van der Waals surface area contributed by atoms with Gasteiger partial charge in [-0.3, -0.25) is 9.97 Å². The van der Waals surface area contributed by atoms with Crippen molar-refractivity contribution in [3.8, 4) is 11.4 Å². The minimum absolute atomic E-state index is 0.475. The van der Waals surface area contributed by atoms with Gasteiger partial charge < -0.3 is 0 Å². The van der Waals surface area contributed by atoms with Crippen LogP contribution in [-0.2, 0) is 0 Å². The molecule has 2 aromatic rings. The number of nitrogens with zero attached hydrogens (tertiary/aromatic N) is 4. The lowest BCUT2D eigenvalue weighted by atomic mass is 10.3. The predicted octanol–water partition coefficient (Wildman–Crippen LogP) is 1.59. The molecule has 2 aromatic heterocycles. The van der Waals surface area contributed by atoms with Gasteiger partial charge in [-0.2, -0.15) is 0 Å². The minimum atomic E-state index is 0.475. The van der Waals surface area contributed by atoms with Gasteiger partial charge in [-0.15, -0.1) is 0 Å². The molecule has 13 heavy (non-hydrogen) atoms. The Bertz CT molecular complexity index is 404. The van der Waals surface area contributed by atoms with E-state index in [9.17, 15) is 0 Å². The summed E-state index contributed by atoms with van der Waals surface area (Å²) in [7, 11) is 0. The highest BCUT2D eigenvalue weighted by atomic mass is 35.5. The Kier molecular flexibility index (Phi) is 2.14. The first-order valence-electron chi connectivity index (χ1n) is 3.60. The van der Waals surface area contributed by atoms with Gasteiger partial charge >= 0.3 is 0 Å². The third-order valence-electron chi connectivity index (χ3n) is 1.47. The Labute approximate surface area is 79.7 Å². The first kappa shape index (κ1) is 8.07. The molecule has 0 aliphatic heterocycles. The molecule has 0 atom stereocenters. The van der Waals surface area contributed by atoms with E-state index in [-0.39, 0.29) is 0 Å². The molecule has 2 rings (SSSR count). The second-order valence-electron chi connectivity index (χ2n) is 2.31. The molecular weight excluding hydrogens is 188 g/mol. The summed E-state index contributed by atoms with van der Waals surface area (Å²) in [6.07, 6.45) is 7.75. The quantitative estimate of drug-likeness (QED) is 0.689. The van der Waals surface area contributed by atoms with Gasteiger partial charge in [-0.05, 0) is 0 Å². The molecule has 0 spiro atoms. The lowest BCUT2D eigenvalue weighted by Gasteiger charge is -1.98. The first-order valence-corrected chi connectivity index (χ1v) is 3.97. The zero-order valence-electron chi connectivity index (χ0n) is 6.55. The highest BCUT2D eigenvalue weighted by Gasteiger charge is 2.04. The molecule has 0 fully saturated rings. The molecule has 0 saturated heterocycles. The van der Waals surface area contributed by atoms with Gasteiger partial charge in [0, 0.05) is 18.6 Å². The average Bonchev–Trinajstić information content (AvgIpc) is 2.20. The molecular formula is C8H5ClN4. The van der Waals surface area contributed by atoms with E-state index in [1.54, 1.807) is 18.6 Å². The topological polar surface area (TPSA) is 51.6 Å². The summed E-state index contributed by atoms with van der Waals surface area (Å²) < 4.78 is 0. The Morgan fingerprint density at radius 1 is 1.00 bits per heavy atom. The second kappa shape index (κ2) is 3.45. The molecule has 2 heterocycles. The summed E-state index contributed by atoms with van der Waals surface area (Å²) in [4.78, 5) is 15.8. The van der Waals surface area contributed by atoms with Crippen LogP contribution in [0.1, 0.15) is 0 Å². The molecule has 0 unspecified atom stereocenters. The van der Waals surface area contributed by atoms with E-state index in [2.05, 4.69) is 19.9 Å². The van der Waals surface area contributed by atoms with Crippen LogP contribution < -0.4 is 0 Å². The maximum atomic E-state index is 5.87. The van der Waals surface area contributed by atoms with Crippen LogP contribution >= 0.6 is 11.6 Å². The van der Waals surface area contributed by atoms with Crippen molar-refractivity contribution in [2.24, 2.45) is 0 Å². The van der Waals surface area contributed by atoms with Crippen molar-refractivity contribution < 1.29 is 0 Å². The number of hydrogen-bond donors (Lipinski definition) is 0. The van der Waals surface area contributed by atoms with Gasteiger partial charge in [0.25, 0.3) is 0 Å². The van der Waals surface area contributed by atoms with Gasteiger partial charge in [0.1, 0.15) is 17.7 Å². The van der Waals surface area contributed by atoms with Crippen LogP contribution in [-0.4, -0.2) is 19.9 Å². The fourth-order valence-electron chi connectivity index (χ4n) is 0.923. The molecule has 4 nitrogen and oxygen atoms in total. The third kappa shape index (κ3) is 1.62. The van der Waals surface area contributed by atoms with E-state index in [1.165, 1.54) is 12.5 Å². The molecule has 0 aliphatic rings. The normalized spacial score (nSPS) is 9.92. The van der Waals surface area contributed by atoms with Crippen LogP contribution in [0.3, 0.4) is 0 Å². The molecule has 0 aliphatic carbocycles. The summed E-state index contributed by atoms with van der Waals surface area (Å²) in [5.74, 6) is 0. The molecule has 0 saturated carbocycles. The fraction of sp³-hybridized carbons (Fsp3) is 0. The van der Waals surface area contributed by atoms with Crippen molar-refractivity contribution in [2.45, 2.75) is 0 Å². The maximum absolute atomic E-state index is 5.87. The Balaban J connectivity index is 2.54. The molecule has 0 amide bonds. The lowest BCUT2D eigenvalue weighted by molar-refractivity contribution is 1.13. The van der Waals surface area contributed by atoms with Crippen LogP contribution in [0.5, 0.6) is 0 Å². The zero-order chi connectivity index (χ0) is 9.10. The van der Waals surface area contributed by atoms with Crippen molar-refractivity contribution in [3.05, 3.63) is 36.1 Å². The van der Waals surface area contributed by atoms with Crippen LogP contribution in [0.4, 0.5) is 0 Å². The summed E-state index contributed by atoms with van der Waals surface area (Å²) in [6.45, 7) is 0. The molecule has 0 radical (unpaired) electrons. The largest absolute Gasteiger partial charge is 0.261 e. The summed E-state index contributed by atoms with van der Waals surface area (Å²) in [5, 5.41) is 0.475. The van der Waals surface area contributed by atoms with Crippen molar-refractivity contribution in [1.29, 1.82) is 0 Å². The third-order valence-corrected chi connectivity index (χ3v) is 1.75. The lowest BCUT2D eigenvalue weighted by Crippen LogP contribution is -1.89. The smallest absolute Gasteiger partial charge is 0.116 e. The van der Waals surface area contributed by atoms with Gasteiger partial charge in [0.2, 0.25) is 0 Å². The molecule has 0 N–H and O–H groups in total. The van der Waals surface area contributed by atoms with Crippen LogP contribution in [0.25, 0.3) is 11.4 Å². The SMILES string of the molecule is Clc1cncnc1-c1cnccn1. The van der Waals surface area contributed by atoms with E-state index < -0.39 is 0 Å². The monoisotopic (exact) mass is 192 g/mol. The number of hydrogen-bond acceptors (Lipinski definition) is 4. The number of halogens is 1. The van der Waals surface area contributed by atoms with Crippen molar-refractivity contribution in [2.75, 3.05) is 0 Å². The van der Waals surface area contributed by atoms with E-state index >= 15 is 0 Å². The fourth-order valence-corrected chi connectivity index (χ4v) is 1.12. The second-order valence-corrected chi connectivity index (χ2v) is 2.72. The van der Waals surface area contributed by atoms with Crippen LogP contribution in [0, 0.1) is 0 Å². The van der Waals surface area contributed by atoms with Gasteiger partial charge in [0.05, 0.1) is 11.2 Å². The van der Waals surface area contributed by atoms with E-state index in [1.807, 2.05) is 0 Å². The van der Waals surface area contributed by atoms with Crippen molar-refractivity contribution in [1.82, 2.24) is 19.9 Å².